The predicted molar refractivity (Wildman–Crippen MR) is 72.0 cm³/mol. The van der Waals surface area contributed by atoms with E-state index in [4.69, 9.17) is 5.11 Å². The Bertz CT molecular complexity index is 719. The first-order chi connectivity index (χ1) is 8.75. The van der Waals surface area contributed by atoms with E-state index in [2.05, 4.69) is 4.98 Å². The standard InChI is InChI=1S/C14H9NO2S/c16-14(17)10-7-4-8-11-12(10)18-13(15-11)9-5-2-1-3-6-9/h1-8H,(H,16,17). The van der Waals surface area contributed by atoms with Crippen LogP contribution in [0, 0.1) is 0 Å². The van der Waals surface area contributed by atoms with E-state index in [1.165, 1.54) is 11.3 Å². The smallest absolute Gasteiger partial charge is 0.337 e. The second-order valence-corrected chi connectivity index (χ2v) is 4.84. The van der Waals surface area contributed by atoms with Crippen LogP contribution in [0.5, 0.6) is 0 Å². The summed E-state index contributed by atoms with van der Waals surface area (Å²) in [7, 11) is 0. The summed E-state index contributed by atoms with van der Waals surface area (Å²) in [6.07, 6.45) is 0. The van der Waals surface area contributed by atoms with Gasteiger partial charge in [0.25, 0.3) is 0 Å². The van der Waals surface area contributed by atoms with Gasteiger partial charge in [0.1, 0.15) is 5.01 Å². The van der Waals surface area contributed by atoms with Gasteiger partial charge in [-0.2, -0.15) is 0 Å². The lowest BCUT2D eigenvalue weighted by Crippen LogP contribution is -1.95. The van der Waals surface area contributed by atoms with Gasteiger partial charge < -0.3 is 5.11 Å². The Balaban J connectivity index is 2.23. The number of thiazole rings is 1. The van der Waals surface area contributed by atoms with Crippen molar-refractivity contribution in [1.29, 1.82) is 0 Å². The maximum atomic E-state index is 11.1. The van der Waals surface area contributed by atoms with Crippen molar-refractivity contribution in [3.63, 3.8) is 0 Å². The van der Waals surface area contributed by atoms with E-state index in [0.29, 0.717) is 5.56 Å². The van der Waals surface area contributed by atoms with Gasteiger partial charge in [0.05, 0.1) is 15.8 Å². The van der Waals surface area contributed by atoms with E-state index < -0.39 is 5.97 Å². The van der Waals surface area contributed by atoms with Crippen molar-refractivity contribution in [2.75, 3.05) is 0 Å². The molecule has 1 aromatic heterocycles. The zero-order valence-corrected chi connectivity index (χ0v) is 10.1. The number of rotatable bonds is 2. The van der Waals surface area contributed by atoms with Gasteiger partial charge in [-0.05, 0) is 12.1 Å². The highest BCUT2D eigenvalue weighted by molar-refractivity contribution is 7.22. The molecule has 1 N–H and O–H groups in total. The van der Waals surface area contributed by atoms with Crippen molar-refractivity contribution in [3.8, 4) is 10.6 Å². The maximum absolute atomic E-state index is 11.1. The highest BCUT2D eigenvalue weighted by Crippen LogP contribution is 2.32. The van der Waals surface area contributed by atoms with Crippen LogP contribution < -0.4 is 0 Å². The number of carboxylic acids is 1. The SMILES string of the molecule is O=C(O)c1cccc2nc(-c3ccccc3)sc12. The molecule has 0 unspecified atom stereocenters. The molecule has 0 fully saturated rings. The normalized spacial score (nSPS) is 10.7. The largest absolute Gasteiger partial charge is 0.478 e. The van der Waals surface area contributed by atoms with E-state index in [1.807, 2.05) is 36.4 Å². The maximum Gasteiger partial charge on any atom is 0.337 e. The third kappa shape index (κ3) is 1.76. The molecule has 88 valence electrons. The van der Waals surface area contributed by atoms with Crippen LogP contribution in [-0.2, 0) is 0 Å². The number of carbonyl (C=O) groups is 1. The average Bonchev–Trinajstić information content (AvgIpc) is 2.83. The molecule has 0 spiro atoms. The Morgan fingerprint density at radius 3 is 2.56 bits per heavy atom. The van der Waals surface area contributed by atoms with Gasteiger partial charge in [0, 0.05) is 5.56 Å². The number of hydrogen-bond acceptors (Lipinski definition) is 3. The fraction of sp³-hybridized carbons (Fsp3) is 0. The minimum atomic E-state index is -0.913. The van der Waals surface area contributed by atoms with Crippen LogP contribution in [0.3, 0.4) is 0 Å². The second-order valence-electron chi connectivity index (χ2n) is 3.84. The second kappa shape index (κ2) is 4.23. The molecule has 0 aliphatic heterocycles. The van der Waals surface area contributed by atoms with Crippen molar-refractivity contribution in [1.82, 2.24) is 4.98 Å². The first-order valence-corrected chi connectivity index (χ1v) is 6.25. The number of carboxylic acid groups (broad SMARTS) is 1. The van der Waals surface area contributed by atoms with Gasteiger partial charge in [0.2, 0.25) is 0 Å². The first kappa shape index (κ1) is 10.9. The summed E-state index contributed by atoms with van der Waals surface area (Å²) in [5.41, 5.74) is 2.06. The molecule has 0 bridgehead atoms. The third-order valence-electron chi connectivity index (χ3n) is 2.67. The molecule has 0 aliphatic carbocycles. The molecule has 0 aliphatic rings. The number of benzene rings is 2. The number of aromatic carboxylic acids is 1. The zero-order chi connectivity index (χ0) is 12.5. The molecule has 3 nitrogen and oxygen atoms in total. The summed E-state index contributed by atoms with van der Waals surface area (Å²) in [6, 6.07) is 14.9. The summed E-state index contributed by atoms with van der Waals surface area (Å²) in [5.74, 6) is -0.913. The number of fused-ring (bicyclic) bond motifs is 1. The van der Waals surface area contributed by atoms with Gasteiger partial charge >= 0.3 is 5.97 Å². The van der Waals surface area contributed by atoms with Gasteiger partial charge in [-0.3, -0.25) is 0 Å². The molecule has 3 rings (SSSR count). The van der Waals surface area contributed by atoms with Crippen molar-refractivity contribution >= 4 is 27.5 Å². The van der Waals surface area contributed by atoms with E-state index >= 15 is 0 Å². The number of nitrogens with zero attached hydrogens (tertiary/aromatic N) is 1. The molecular formula is C14H9NO2S. The molecular weight excluding hydrogens is 246 g/mol. The van der Waals surface area contributed by atoms with Crippen LogP contribution in [0.15, 0.2) is 48.5 Å². The van der Waals surface area contributed by atoms with Gasteiger partial charge in [0.15, 0.2) is 0 Å². The van der Waals surface area contributed by atoms with E-state index in [1.54, 1.807) is 12.1 Å². The fourth-order valence-corrected chi connectivity index (χ4v) is 2.90. The summed E-state index contributed by atoms with van der Waals surface area (Å²) in [4.78, 5) is 15.6. The molecule has 18 heavy (non-hydrogen) atoms. The van der Waals surface area contributed by atoms with Gasteiger partial charge in [-0.1, -0.05) is 36.4 Å². The van der Waals surface area contributed by atoms with E-state index in [-0.39, 0.29) is 0 Å². The highest BCUT2D eigenvalue weighted by atomic mass is 32.1. The lowest BCUT2D eigenvalue weighted by atomic mass is 10.2. The van der Waals surface area contributed by atoms with Gasteiger partial charge in [-0.25, -0.2) is 9.78 Å². The van der Waals surface area contributed by atoms with Crippen LogP contribution in [0.4, 0.5) is 0 Å². The van der Waals surface area contributed by atoms with Crippen LogP contribution in [0.2, 0.25) is 0 Å². The number of aromatic nitrogens is 1. The van der Waals surface area contributed by atoms with Gasteiger partial charge in [-0.15, -0.1) is 11.3 Å². The lowest BCUT2D eigenvalue weighted by Gasteiger charge is -1.93. The molecule has 1 heterocycles. The Kier molecular flexibility index (Phi) is 2.57. The predicted octanol–water partition coefficient (Wildman–Crippen LogP) is 3.66. The zero-order valence-electron chi connectivity index (χ0n) is 9.33. The monoisotopic (exact) mass is 255 g/mol. The first-order valence-electron chi connectivity index (χ1n) is 5.44. The molecule has 0 saturated heterocycles. The summed E-state index contributed by atoms with van der Waals surface area (Å²) in [5, 5.41) is 9.99. The Hall–Kier alpha value is -2.20. The van der Waals surface area contributed by atoms with E-state index in [0.717, 1.165) is 20.8 Å². The quantitative estimate of drug-likeness (QED) is 0.760. The Morgan fingerprint density at radius 2 is 1.83 bits per heavy atom. The summed E-state index contributed by atoms with van der Waals surface area (Å²) in [6.45, 7) is 0. The molecule has 4 heteroatoms. The average molecular weight is 255 g/mol. The molecule has 0 radical (unpaired) electrons. The summed E-state index contributed by atoms with van der Waals surface area (Å²) >= 11 is 1.41. The van der Waals surface area contributed by atoms with Crippen LogP contribution in [0.25, 0.3) is 20.8 Å². The fourth-order valence-electron chi connectivity index (χ4n) is 1.82. The molecule has 0 atom stereocenters. The minimum absolute atomic E-state index is 0.312. The van der Waals surface area contributed by atoms with Crippen molar-refractivity contribution in [3.05, 3.63) is 54.1 Å². The highest BCUT2D eigenvalue weighted by Gasteiger charge is 2.13. The third-order valence-corrected chi connectivity index (χ3v) is 3.82. The molecule has 0 amide bonds. The lowest BCUT2D eigenvalue weighted by molar-refractivity contribution is 0.0699. The van der Waals surface area contributed by atoms with Crippen LogP contribution in [-0.4, -0.2) is 16.1 Å². The Morgan fingerprint density at radius 1 is 1.06 bits per heavy atom. The minimum Gasteiger partial charge on any atom is -0.478 e. The van der Waals surface area contributed by atoms with E-state index in [9.17, 15) is 4.79 Å². The van der Waals surface area contributed by atoms with Crippen molar-refractivity contribution in [2.24, 2.45) is 0 Å². The van der Waals surface area contributed by atoms with Crippen molar-refractivity contribution < 1.29 is 9.90 Å². The topological polar surface area (TPSA) is 50.2 Å². The Labute approximate surface area is 107 Å². The van der Waals surface area contributed by atoms with Crippen LogP contribution in [0.1, 0.15) is 10.4 Å². The van der Waals surface area contributed by atoms with Crippen LogP contribution >= 0.6 is 11.3 Å². The molecule has 2 aromatic carbocycles. The summed E-state index contributed by atoms with van der Waals surface area (Å²) < 4.78 is 0.726. The molecule has 3 aromatic rings. The molecule has 0 saturated carbocycles. The number of hydrogen-bond donors (Lipinski definition) is 1. The van der Waals surface area contributed by atoms with Crippen molar-refractivity contribution in [2.45, 2.75) is 0 Å².